The molecule has 2 aliphatic heterocycles. The Hall–Kier alpha value is -1.16. The summed E-state index contributed by atoms with van der Waals surface area (Å²) in [6.45, 7) is 11.4. The van der Waals surface area contributed by atoms with Crippen LogP contribution in [0.2, 0.25) is 0 Å². The molecule has 1 saturated heterocycles. The monoisotopic (exact) mass is 515 g/mol. The van der Waals surface area contributed by atoms with E-state index in [9.17, 15) is 0 Å². The quantitative estimate of drug-likeness (QED) is 0.192. The molecule has 0 spiro atoms. The second-order valence-electron chi connectivity index (χ2n) is 8.25. The van der Waals surface area contributed by atoms with Crippen LogP contribution in [0.4, 0.5) is 0 Å². The number of fused-ring (bicyclic) bond motifs is 1. The van der Waals surface area contributed by atoms with Crippen LogP contribution in [0.25, 0.3) is 0 Å². The second kappa shape index (κ2) is 12.5. The van der Waals surface area contributed by atoms with E-state index in [1.165, 1.54) is 30.7 Å². The topological polar surface area (TPSA) is 70.4 Å². The van der Waals surface area contributed by atoms with Crippen LogP contribution in [0.3, 0.4) is 0 Å². The maximum absolute atomic E-state index is 4.43. The van der Waals surface area contributed by atoms with Gasteiger partial charge in [0.15, 0.2) is 5.96 Å². The number of aliphatic imine (C=N–C) groups is 1. The summed E-state index contributed by atoms with van der Waals surface area (Å²) in [6.07, 6.45) is 9.18. The first kappa shape index (κ1) is 24.1. The molecule has 0 radical (unpaired) electrons. The number of aryl methyl sites for hydroxylation is 2. The Morgan fingerprint density at radius 1 is 1.17 bits per heavy atom. The zero-order valence-corrected chi connectivity index (χ0v) is 20.5. The molecule has 2 aliphatic rings. The minimum atomic E-state index is 0. The van der Waals surface area contributed by atoms with Gasteiger partial charge < -0.3 is 15.2 Å². The predicted octanol–water partition coefficient (Wildman–Crippen LogP) is 2.76. The fourth-order valence-electron chi connectivity index (χ4n) is 4.19. The first-order valence-electron chi connectivity index (χ1n) is 10.9. The Balaban J connectivity index is 0.00000300. The lowest BCUT2D eigenvalue weighted by Gasteiger charge is -2.33. The molecule has 8 heteroatoms. The number of guanidine groups is 1. The van der Waals surface area contributed by atoms with Crippen molar-refractivity contribution in [3.63, 3.8) is 0 Å². The van der Waals surface area contributed by atoms with Gasteiger partial charge in [-0.2, -0.15) is 0 Å². The van der Waals surface area contributed by atoms with Crippen molar-refractivity contribution in [3.8, 4) is 0 Å². The molecule has 1 aromatic heterocycles. The fraction of sp³-hybridized carbons (Fsp3) is 0.762. The summed E-state index contributed by atoms with van der Waals surface area (Å²) in [5, 5.41) is 15.9. The summed E-state index contributed by atoms with van der Waals surface area (Å²) in [5.41, 5.74) is 1.24. The molecule has 0 unspecified atom stereocenters. The average Bonchev–Trinajstić information content (AvgIpc) is 2.91. The van der Waals surface area contributed by atoms with Gasteiger partial charge in [-0.25, -0.2) is 0 Å². The summed E-state index contributed by atoms with van der Waals surface area (Å²) in [5.74, 6) is 3.24. The van der Waals surface area contributed by atoms with E-state index in [-0.39, 0.29) is 24.0 Å². The van der Waals surface area contributed by atoms with Gasteiger partial charge in [-0.1, -0.05) is 18.6 Å². The van der Waals surface area contributed by atoms with Crippen LogP contribution in [-0.2, 0) is 19.4 Å². The molecule has 3 rings (SSSR count). The van der Waals surface area contributed by atoms with Crippen molar-refractivity contribution in [1.82, 2.24) is 30.3 Å². The highest BCUT2D eigenvalue weighted by molar-refractivity contribution is 14.0. The van der Waals surface area contributed by atoms with Crippen LogP contribution < -0.4 is 10.6 Å². The Bertz CT molecular complexity index is 662. The molecule has 1 aromatic rings. The van der Waals surface area contributed by atoms with Crippen molar-refractivity contribution >= 4 is 29.9 Å². The maximum Gasteiger partial charge on any atom is 0.191 e. The summed E-state index contributed by atoms with van der Waals surface area (Å²) >= 11 is 0. The molecule has 1 fully saturated rings. The Kier molecular flexibility index (Phi) is 10.4. The van der Waals surface area contributed by atoms with Crippen LogP contribution >= 0.6 is 24.0 Å². The number of piperidine rings is 1. The predicted molar refractivity (Wildman–Crippen MR) is 130 cm³/mol. The van der Waals surface area contributed by atoms with Crippen LogP contribution in [0.5, 0.6) is 0 Å². The molecule has 2 N–H and O–H groups in total. The number of likely N-dealkylation sites (tertiary alicyclic amines) is 1. The van der Waals surface area contributed by atoms with Crippen LogP contribution in [0, 0.1) is 0 Å². The van der Waals surface area contributed by atoms with E-state index < -0.39 is 0 Å². The van der Waals surface area contributed by atoms with Gasteiger partial charge in [0.05, 0.1) is 0 Å². The minimum Gasteiger partial charge on any atom is -0.356 e. The summed E-state index contributed by atoms with van der Waals surface area (Å²) in [6, 6.07) is 0.500. The van der Waals surface area contributed by atoms with Gasteiger partial charge in [-0.15, -0.1) is 34.2 Å². The number of rotatable bonds is 7. The first-order chi connectivity index (χ1) is 13.7. The van der Waals surface area contributed by atoms with Crippen molar-refractivity contribution in [3.05, 3.63) is 23.8 Å². The fourth-order valence-corrected chi connectivity index (χ4v) is 4.19. The molecule has 7 nitrogen and oxygen atoms in total. The molecular weight excluding hydrogens is 477 g/mol. The highest BCUT2D eigenvalue weighted by Crippen LogP contribution is 2.15. The van der Waals surface area contributed by atoms with Crippen molar-refractivity contribution in [1.29, 1.82) is 0 Å². The minimum absolute atomic E-state index is 0. The number of nitrogens with zero attached hydrogens (tertiary/aromatic N) is 5. The van der Waals surface area contributed by atoms with Crippen molar-refractivity contribution in [2.75, 3.05) is 33.2 Å². The lowest BCUT2D eigenvalue weighted by atomic mass is 10.0. The van der Waals surface area contributed by atoms with Crippen LogP contribution in [0.15, 0.2) is 17.1 Å². The normalized spacial score (nSPS) is 18.5. The Labute approximate surface area is 192 Å². The number of nitrogens with one attached hydrogen (secondary N) is 2. The molecule has 0 saturated carbocycles. The highest BCUT2D eigenvalue weighted by Gasteiger charge is 2.20. The number of halogens is 1. The van der Waals surface area contributed by atoms with E-state index in [1.807, 2.05) is 7.05 Å². The molecule has 3 heterocycles. The molecule has 164 valence electrons. The summed E-state index contributed by atoms with van der Waals surface area (Å²) in [7, 11) is 1.85. The Morgan fingerprint density at radius 3 is 2.69 bits per heavy atom. The molecule has 0 amide bonds. The second-order valence-corrected chi connectivity index (χ2v) is 8.25. The third-order valence-corrected chi connectivity index (χ3v) is 5.70. The molecule has 0 aliphatic carbocycles. The van der Waals surface area contributed by atoms with E-state index in [0.29, 0.717) is 6.04 Å². The SMILES string of the molecule is C=C(C)CN1CCC(NC(=NC)NCCCc2nnc3n2CCCCC3)CC1.I. The summed E-state index contributed by atoms with van der Waals surface area (Å²) in [4.78, 5) is 6.88. The zero-order chi connectivity index (χ0) is 19.8. The zero-order valence-electron chi connectivity index (χ0n) is 18.1. The number of hydrogen-bond donors (Lipinski definition) is 2. The van der Waals surface area contributed by atoms with Gasteiger partial charge in [0.1, 0.15) is 11.6 Å². The van der Waals surface area contributed by atoms with Gasteiger partial charge in [-0.05, 0) is 39.0 Å². The third-order valence-electron chi connectivity index (χ3n) is 5.70. The van der Waals surface area contributed by atoms with E-state index >= 15 is 0 Å². The largest absolute Gasteiger partial charge is 0.356 e. The van der Waals surface area contributed by atoms with Crippen LogP contribution in [-0.4, -0.2) is 64.9 Å². The summed E-state index contributed by atoms with van der Waals surface area (Å²) < 4.78 is 2.35. The molecule has 0 aromatic carbocycles. The smallest absolute Gasteiger partial charge is 0.191 e. The van der Waals surface area contributed by atoms with Crippen molar-refractivity contribution in [2.24, 2.45) is 4.99 Å². The molecule has 0 atom stereocenters. The van der Waals surface area contributed by atoms with Gasteiger partial charge in [0.25, 0.3) is 0 Å². The van der Waals surface area contributed by atoms with Gasteiger partial charge in [-0.3, -0.25) is 9.89 Å². The lowest BCUT2D eigenvalue weighted by molar-refractivity contribution is 0.221. The van der Waals surface area contributed by atoms with E-state index in [0.717, 1.165) is 76.6 Å². The number of aromatic nitrogens is 3. The lowest BCUT2D eigenvalue weighted by Crippen LogP contribution is -2.49. The highest BCUT2D eigenvalue weighted by atomic mass is 127. The van der Waals surface area contributed by atoms with E-state index in [1.54, 1.807) is 0 Å². The van der Waals surface area contributed by atoms with Crippen LogP contribution in [0.1, 0.15) is 57.1 Å². The first-order valence-corrected chi connectivity index (χ1v) is 10.9. The molecule has 0 bridgehead atoms. The van der Waals surface area contributed by atoms with Crippen molar-refractivity contribution in [2.45, 2.75) is 70.9 Å². The van der Waals surface area contributed by atoms with E-state index in [2.05, 4.69) is 48.8 Å². The van der Waals surface area contributed by atoms with Gasteiger partial charge in [0.2, 0.25) is 0 Å². The standard InChI is InChI=1S/C21H37N7.HI/c1-17(2)16-27-14-10-18(11-15-27)24-21(22-3)23-12-7-9-20-26-25-19-8-5-4-6-13-28(19)20;/h18H,1,4-16H2,2-3H3,(H2,22,23,24);1H. The maximum atomic E-state index is 4.43. The number of hydrogen-bond acceptors (Lipinski definition) is 4. The molecular formula is C21H38IN7. The van der Waals surface area contributed by atoms with Crippen molar-refractivity contribution < 1.29 is 0 Å². The van der Waals surface area contributed by atoms with E-state index in [4.69, 9.17) is 0 Å². The van der Waals surface area contributed by atoms with Gasteiger partial charge >= 0.3 is 0 Å². The third kappa shape index (κ3) is 7.55. The Morgan fingerprint density at radius 2 is 1.97 bits per heavy atom. The van der Waals surface area contributed by atoms with Gasteiger partial charge in [0, 0.05) is 58.7 Å². The molecule has 29 heavy (non-hydrogen) atoms. The average molecular weight is 515 g/mol.